The van der Waals surface area contributed by atoms with Crippen LogP contribution in [-0.4, -0.2) is 17.7 Å². The second-order valence-electron chi connectivity index (χ2n) is 5.52. The average molecular weight is 341 g/mol. The fourth-order valence-corrected chi connectivity index (χ4v) is 3.74. The molecule has 3 heterocycles. The molecule has 6 nitrogen and oxygen atoms in total. The van der Waals surface area contributed by atoms with E-state index in [0.717, 1.165) is 27.1 Å². The van der Waals surface area contributed by atoms with Gasteiger partial charge in [0.25, 0.3) is 5.91 Å². The van der Waals surface area contributed by atoms with Gasteiger partial charge >= 0.3 is 0 Å². The highest BCUT2D eigenvalue weighted by Gasteiger charge is 2.19. The van der Waals surface area contributed by atoms with Crippen LogP contribution in [0.1, 0.15) is 20.8 Å². The molecule has 3 aromatic rings. The molecule has 3 N–H and O–H groups in total. The largest absolute Gasteiger partial charge is 0.454 e. The topological polar surface area (TPSA) is 86.5 Å². The first-order valence-electron chi connectivity index (χ1n) is 7.44. The molecule has 122 valence electrons. The van der Waals surface area contributed by atoms with Gasteiger partial charge in [0.2, 0.25) is 6.79 Å². The number of fused-ring (bicyclic) bond motifs is 2. The summed E-state index contributed by atoms with van der Waals surface area (Å²) in [6.07, 6.45) is 1.72. The molecule has 1 aliphatic rings. The molecular weight excluding hydrogens is 326 g/mol. The minimum atomic E-state index is -0.201. The van der Waals surface area contributed by atoms with Crippen molar-refractivity contribution in [3.05, 3.63) is 46.5 Å². The summed E-state index contributed by atoms with van der Waals surface area (Å²) in [4.78, 5) is 18.1. The van der Waals surface area contributed by atoms with E-state index in [4.69, 9.17) is 15.2 Å². The predicted octanol–water partition coefficient (Wildman–Crippen LogP) is 2.85. The number of aryl methyl sites for hydroxylation is 1. The van der Waals surface area contributed by atoms with E-state index in [0.29, 0.717) is 22.9 Å². The number of aromatic nitrogens is 1. The van der Waals surface area contributed by atoms with Gasteiger partial charge in [-0.2, -0.15) is 0 Å². The Balaban J connectivity index is 1.54. The Morgan fingerprint density at radius 2 is 2.17 bits per heavy atom. The summed E-state index contributed by atoms with van der Waals surface area (Å²) in [5.41, 5.74) is 8.60. The van der Waals surface area contributed by atoms with Crippen molar-refractivity contribution in [2.24, 2.45) is 0 Å². The number of thiophene rings is 1. The van der Waals surface area contributed by atoms with Gasteiger partial charge in [-0.05, 0) is 36.2 Å². The molecule has 1 aliphatic heterocycles. The SMILES string of the molecule is Cc1ccnc2sc(C(=O)NCc3ccc4c(c3)OCO4)c(N)c12. The fourth-order valence-electron chi connectivity index (χ4n) is 2.69. The molecule has 2 aromatic heterocycles. The summed E-state index contributed by atoms with van der Waals surface area (Å²) in [5, 5.41) is 3.75. The third kappa shape index (κ3) is 2.43. The van der Waals surface area contributed by atoms with Gasteiger partial charge in [0.1, 0.15) is 9.71 Å². The van der Waals surface area contributed by atoms with Gasteiger partial charge in [-0.25, -0.2) is 4.98 Å². The normalized spacial score (nSPS) is 12.5. The van der Waals surface area contributed by atoms with E-state index in [1.165, 1.54) is 11.3 Å². The molecule has 0 radical (unpaired) electrons. The number of pyridine rings is 1. The van der Waals surface area contributed by atoms with E-state index in [1.807, 2.05) is 31.2 Å². The molecule has 0 saturated carbocycles. The molecule has 24 heavy (non-hydrogen) atoms. The highest BCUT2D eigenvalue weighted by molar-refractivity contribution is 7.21. The summed E-state index contributed by atoms with van der Waals surface area (Å²) < 4.78 is 10.6. The summed E-state index contributed by atoms with van der Waals surface area (Å²) in [6, 6.07) is 7.49. The molecule has 0 bridgehead atoms. The lowest BCUT2D eigenvalue weighted by Crippen LogP contribution is -2.22. The molecule has 1 aromatic carbocycles. The monoisotopic (exact) mass is 341 g/mol. The third-order valence-corrected chi connectivity index (χ3v) is 5.05. The van der Waals surface area contributed by atoms with Crippen molar-refractivity contribution in [3.63, 3.8) is 0 Å². The van der Waals surface area contributed by atoms with Crippen molar-refractivity contribution in [1.82, 2.24) is 10.3 Å². The Hall–Kier alpha value is -2.80. The molecule has 0 spiro atoms. The van der Waals surface area contributed by atoms with Crippen LogP contribution in [0.5, 0.6) is 11.5 Å². The van der Waals surface area contributed by atoms with Gasteiger partial charge in [-0.3, -0.25) is 4.79 Å². The lowest BCUT2D eigenvalue weighted by molar-refractivity contribution is 0.0955. The lowest BCUT2D eigenvalue weighted by atomic mass is 10.1. The van der Waals surface area contributed by atoms with Gasteiger partial charge in [0.15, 0.2) is 11.5 Å². The number of ether oxygens (including phenoxy) is 2. The first-order chi connectivity index (χ1) is 11.6. The average Bonchev–Trinajstić information content (AvgIpc) is 3.17. The number of nitrogens with one attached hydrogen (secondary N) is 1. The molecule has 0 atom stereocenters. The van der Waals surface area contributed by atoms with E-state index in [9.17, 15) is 4.79 Å². The first-order valence-corrected chi connectivity index (χ1v) is 8.25. The number of hydrogen-bond donors (Lipinski definition) is 2. The summed E-state index contributed by atoms with van der Waals surface area (Å²) in [5.74, 6) is 1.22. The van der Waals surface area contributed by atoms with Gasteiger partial charge in [0, 0.05) is 18.1 Å². The number of nitrogens with two attached hydrogens (primary N) is 1. The number of anilines is 1. The van der Waals surface area contributed by atoms with E-state index >= 15 is 0 Å². The van der Waals surface area contributed by atoms with Crippen LogP contribution in [0.2, 0.25) is 0 Å². The second kappa shape index (κ2) is 5.68. The van der Waals surface area contributed by atoms with Gasteiger partial charge in [0.05, 0.1) is 5.69 Å². The Bertz CT molecular complexity index is 952. The summed E-state index contributed by atoms with van der Waals surface area (Å²) in [7, 11) is 0. The maximum atomic E-state index is 12.5. The van der Waals surface area contributed by atoms with Crippen molar-refractivity contribution in [2.75, 3.05) is 12.5 Å². The fraction of sp³-hybridized carbons (Fsp3) is 0.176. The Morgan fingerprint density at radius 1 is 1.33 bits per heavy atom. The van der Waals surface area contributed by atoms with Crippen molar-refractivity contribution < 1.29 is 14.3 Å². The summed E-state index contributed by atoms with van der Waals surface area (Å²) in [6.45, 7) is 2.58. The zero-order valence-corrected chi connectivity index (χ0v) is 13.8. The quantitative estimate of drug-likeness (QED) is 0.765. The maximum Gasteiger partial charge on any atom is 0.263 e. The van der Waals surface area contributed by atoms with Gasteiger partial charge in [-0.15, -0.1) is 11.3 Å². The number of rotatable bonds is 3. The van der Waals surface area contributed by atoms with Crippen LogP contribution >= 0.6 is 11.3 Å². The number of hydrogen-bond acceptors (Lipinski definition) is 6. The standard InChI is InChI=1S/C17H15N3O3S/c1-9-4-5-19-17-13(9)14(18)15(24-17)16(21)20-7-10-2-3-11-12(6-10)23-8-22-11/h2-6H,7-8,18H2,1H3,(H,20,21). The Kier molecular flexibility index (Phi) is 3.50. The number of nitrogen functional groups attached to an aromatic ring is 1. The first kappa shape index (κ1) is 14.8. The smallest absolute Gasteiger partial charge is 0.263 e. The minimum Gasteiger partial charge on any atom is -0.454 e. The van der Waals surface area contributed by atoms with Crippen molar-refractivity contribution in [2.45, 2.75) is 13.5 Å². The predicted molar refractivity (Wildman–Crippen MR) is 92.5 cm³/mol. The number of benzene rings is 1. The molecule has 0 saturated heterocycles. The van der Waals surface area contributed by atoms with Gasteiger partial charge in [-0.1, -0.05) is 6.07 Å². The molecule has 7 heteroatoms. The molecule has 0 unspecified atom stereocenters. The van der Waals surface area contributed by atoms with Crippen LogP contribution in [0.15, 0.2) is 30.5 Å². The zero-order valence-electron chi connectivity index (χ0n) is 13.0. The second-order valence-corrected chi connectivity index (χ2v) is 6.52. The third-order valence-electron chi connectivity index (χ3n) is 3.93. The van der Waals surface area contributed by atoms with E-state index in [1.54, 1.807) is 6.20 Å². The zero-order chi connectivity index (χ0) is 16.7. The van der Waals surface area contributed by atoms with Crippen LogP contribution in [0, 0.1) is 6.92 Å². The maximum absolute atomic E-state index is 12.5. The molecule has 0 fully saturated rings. The van der Waals surface area contributed by atoms with Gasteiger partial charge < -0.3 is 20.5 Å². The minimum absolute atomic E-state index is 0.201. The molecule has 4 rings (SSSR count). The van der Waals surface area contributed by atoms with E-state index in [-0.39, 0.29) is 12.7 Å². The number of carbonyl (C=O) groups excluding carboxylic acids is 1. The van der Waals surface area contributed by atoms with Crippen molar-refractivity contribution in [1.29, 1.82) is 0 Å². The van der Waals surface area contributed by atoms with Crippen molar-refractivity contribution >= 4 is 33.1 Å². The van der Waals surface area contributed by atoms with Crippen LogP contribution in [0.25, 0.3) is 10.2 Å². The molecule has 0 aliphatic carbocycles. The Morgan fingerprint density at radius 3 is 3.00 bits per heavy atom. The van der Waals surface area contributed by atoms with E-state index < -0.39 is 0 Å². The summed E-state index contributed by atoms with van der Waals surface area (Å²) >= 11 is 1.31. The number of amides is 1. The van der Waals surface area contributed by atoms with Crippen LogP contribution in [-0.2, 0) is 6.54 Å². The van der Waals surface area contributed by atoms with E-state index in [2.05, 4.69) is 10.3 Å². The highest BCUT2D eigenvalue weighted by Crippen LogP contribution is 2.35. The molecular formula is C17H15N3O3S. The van der Waals surface area contributed by atoms with Crippen LogP contribution in [0.4, 0.5) is 5.69 Å². The number of carbonyl (C=O) groups is 1. The van der Waals surface area contributed by atoms with Crippen LogP contribution < -0.4 is 20.5 Å². The van der Waals surface area contributed by atoms with Crippen molar-refractivity contribution in [3.8, 4) is 11.5 Å². The van der Waals surface area contributed by atoms with Crippen LogP contribution in [0.3, 0.4) is 0 Å². The highest BCUT2D eigenvalue weighted by atomic mass is 32.1. The Labute approximate surface area is 142 Å². The lowest BCUT2D eigenvalue weighted by Gasteiger charge is -2.06. The number of nitrogens with zero attached hydrogens (tertiary/aromatic N) is 1. The molecule has 1 amide bonds.